The standard InChI is InChI=1S/C15H24N2O/c1-11-7-12(2)9-13(8-11)15(16-3)14-10-17(4)5-6-18-14/h7-9,14-16H,5-6,10H2,1-4H3. The summed E-state index contributed by atoms with van der Waals surface area (Å²) in [5.41, 5.74) is 3.96. The van der Waals surface area contributed by atoms with E-state index in [0.717, 1.165) is 19.7 Å². The minimum absolute atomic E-state index is 0.231. The number of hydrogen-bond acceptors (Lipinski definition) is 3. The molecular weight excluding hydrogens is 224 g/mol. The molecule has 2 rings (SSSR count). The van der Waals surface area contributed by atoms with Gasteiger partial charge in [-0.05, 0) is 33.5 Å². The maximum atomic E-state index is 5.93. The van der Waals surface area contributed by atoms with Gasteiger partial charge in [0.1, 0.15) is 0 Å². The second-order valence-electron chi connectivity index (χ2n) is 5.36. The molecule has 3 nitrogen and oxygen atoms in total. The lowest BCUT2D eigenvalue weighted by molar-refractivity contribution is -0.0380. The van der Waals surface area contributed by atoms with Crippen LogP contribution in [0.25, 0.3) is 0 Å². The van der Waals surface area contributed by atoms with Crippen molar-refractivity contribution >= 4 is 0 Å². The molecule has 0 spiro atoms. The molecule has 100 valence electrons. The summed E-state index contributed by atoms with van der Waals surface area (Å²) in [5, 5.41) is 3.41. The normalized spacial score (nSPS) is 23.0. The third-order valence-corrected chi connectivity index (χ3v) is 3.58. The fourth-order valence-corrected chi connectivity index (χ4v) is 2.77. The van der Waals surface area contributed by atoms with Crippen LogP contribution in [0.4, 0.5) is 0 Å². The first-order chi connectivity index (χ1) is 8.60. The van der Waals surface area contributed by atoms with Crippen LogP contribution in [0, 0.1) is 13.8 Å². The highest BCUT2D eigenvalue weighted by Crippen LogP contribution is 2.23. The zero-order chi connectivity index (χ0) is 13.1. The molecule has 0 bridgehead atoms. The van der Waals surface area contributed by atoms with Crippen LogP contribution >= 0.6 is 0 Å². The van der Waals surface area contributed by atoms with Gasteiger partial charge < -0.3 is 15.0 Å². The first kappa shape index (κ1) is 13.5. The summed E-state index contributed by atoms with van der Waals surface area (Å²) in [4.78, 5) is 2.33. The number of rotatable bonds is 3. The summed E-state index contributed by atoms with van der Waals surface area (Å²) in [6.45, 7) is 7.14. The van der Waals surface area contributed by atoms with Crippen LogP contribution in [0.1, 0.15) is 22.7 Å². The third-order valence-electron chi connectivity index (χ3n) is 3.58. The zero-order valence-electron chi connectivity index (χ0n) is 11.9. The molecule has 2 atom stereocenters. The summed E-state index contributed by atoms with van der Waals surface area (Å²) in [6.07, 6.45) is 0.231. The van der Waals surface area contributed by atoms with Crippen molar-refractivity contribution in [1.29, 1.82) is 0 Å². The maximum absolute atomic E-state index is 5.93. The first-order valence-corrected chi connectivity index (χ1v) is 6.66. The van der Waals surface area contributed by atoms with E-state index in [-0.39, 0.29) is 12.1 Å². The minimum Gasteiger partial charge on any atom is -0.374 e. The zero-order valence-corrected chi connectivity index (χ0v) is 11.9. The Kier molecular flexibility index (Phi) is 4.38. The van der Waals surface area contributed by atoms with Crippen molar-refractivity contribution in [2.45, 2.75) is 26.0 Å². The molecule has 2 unspecified atom stereocenters. The third kappa shape index (κ3) is 3.10. The highest BCUT2D eigenvalue weighted by molar-refractivity contribution is 5.31. The Morgan fingerprint density at radius 3 is 2.50 bits per heavy atom. The van der Waals surface area contributed by atoms with Gasteiger partial charge in [-0.25, -0.2) is 0 Å². The van der Waals surface area contributed by atoms with Gasteiger partial charge in [0.25, 0.3) is 0 Å². The molecule has 1 heterocycles. The summed E-state index contributed by atoms with van der Waals surface area (Å²) in [5.74, 6) is 0. The number of aryl methyl sites for hydroxylation is 2. The predicted octanol–water partition coefficient (Wildman–Crippen LogP) is 1.89. The van der Waals surface area contributed by atoms with E-state index >= 15 is 0 Å². The molecule has 1 fully saturated rings. The summed E-state index contributed by atoms with van der Waals surface area (Å²) >= 11 is 0. The van der Waals surface area contributed by atoms with Gasteiger partial charge >= 0.3 is 0 Å². The second kappa shape index (κ2) is 5.83. The number of likely N-dealkylation sites (N-methyl/N-ethyl adjacent to an activating group) is 2. The van der Waals surface area contributed by atoms with E-state index < -0.39 is 0 Å². The van der Waals surface area contributed by atoms with Crippen LogP contribution in [0.2, 0.25) is 0 Å². The van der Waals surface area contributed by atoms with Gasteiger partial charge in [-0.15, -0.1) is 0 Å². The molecule has 18 heavy (non-hydrogen) atoms. The first-order valence-electron chi connectivity index (χ1n) is 6.66. The van der Waals surface area contributed by atoms with Gasteiger partial charge in [-0.2, -0.15) is 0 Å². The van der Waals surface area contributed by atoms with Crippen molar-refractivity contribution in [3.8, 4) is 0 Å². The Morgan fingerprint density at radius 1 is 1.28 bits per heavy atom. The molecule has 1 N–H and O–H groups in total. The summed E-state index contributed by atoms with van der Waals surface area (Å²) in [7, 11) is 4.17. The van der Waals surface area contributed by atoms with Gasteiger partial charge in [0.15, 0.2) is 0 Å². The van der Waals surface area contributed by atoms with E-state index in [4.69, 9.17) is 4.74 Å². The quantitative estimate of drug-likeness (QED) is 0.884. The molecule has 1 aliphatic heterocycles. The van der Waals surface area contributed by atoms with Gasteiger partial charge in [0.2, 0.25) is 0 Å². The van der Waals surface area contributed by atoms with E-state index in [9.17, 15) is 0 Å². The number of benzene rings is 1. The monoisotopic (exact) mass is 248 g/mol. The van der Waals surface area contributed by atoms with Crippen LogP contribution in [0.15, 0.2) is 18.2 Å². The number of nitrogens with one attached hydrogen (secondary N) is 1. The Bertz CT molecular complexity index is 385. The molecule has 0 aromatic heterocycles. The highest BCUT2D eigenvalue weighted by Gasteiger charge is 2.27. The van der Waals surface area contributed by atoms with E-state index in [1.54, 1.807) is 0 Å². The molecule has 3 heteroatoms. The summed E-state index contributed by atoms with van der Waals surface area (Å²) in [6, 6.07) is 6.99. The average molecular weight is 248 g/mol. The Labute approximate surface area is 110 Å². The predicted molar refractivity (Wildman–Crippen MR) is 75.0 cm³/mol. The van der Waals surface area contributed by atoms with Crippen molar-refractivity contribution in [3.05, 3.63) is 34.9 Å². The van der Waals surface area contributed by atoms with E-state index in [0.29, 0.717) is 0 Å². The molecule has 1 aromatic rings. The molecular formula is C15H24N2O. The van der Waals surface area contributed by atoms with E-state index in [1.807, 2.05) is 7.05 Å². The molecule has 0 saturated carbocycles. The van der Waals surface area contributed by atoms with Crippen molar-refractivity contribution < 1.29 is 4.74 Å². The molecule has 1 saturated heterocycles. The van der Waals surface area contributed by atoms with Crippen LogP contribution in [-0.4, -0.2) is 44.8 Å². The molecule has 0 amide bonds. The van der Waals surface area contributed by atoms with Crippen LogP contribution < -0.4 is 5.32 Å². The smallest absolute Gasteiger partial charge is 0.0896 e. The number of hydrogen-bond donors (Lipinski definition) is 1. The van der Waals surface area contributed by atoms with Crippen molar-refractivity contribution in [2.75, 3.05) is 33.8 Å². The van der Waals surface area contributed by atoms with E-state index in [2.05, 4.69) is 49.3 Å². The van der Waals surface area contributed by atoms with Crippen molar-refractivity contribution in [1.82, 2.24) is 10.2 Å². The van der Waals surface area contributed by atoms with Crippen LogP contribution in [-0.2, 0) is 4.74 Å². The number of ether oxygens (including phenoxy) is 1. The van der Waals surface area contributed by atoms with Crippen molar-refractivity contribution in [3.63, 3.8) is 0 Å². The van der Waals surface area contributed by atoms with Gasteiger partial charge in [0, 0.05) is 13.1 Å². The van der Waals surface area contributed by atoms with Crippen molar-refractivity contribution in [2.24, 2.45) is 0 Å². The fourth-order valence-electron chi connectivity index (χ4n) is 2.77. The largest absolute Gasteiger partial charge is 0.374 e. The van der Waals surface area contributed by atoms with Gasteiger partial charge in [0.05, 0.1) is 18.8 Å². The highest BCUT2D eigenvalue weighted by atomic mass is 16.5. The molecule has 0 radical (unpaired) electrons. The minimum atomic E-state index is 0.231. The van der Waals surface area contributed by atoms with Gasteiger partial charge in [-0.1, -0.05) is 29.3 Å². The van der Waals surface area contributed by atoms with Gasteiger partial charge in [-0.3, -0.25) is 0 Å². The Morgan fingerprint density at radius 2 is 1.94 bits per heavy atom. The molecule has 0 aliphatic carbocycles. The lowest BCUT2D eigenvalue weighted by Gasteiger charge is -2.35. The topological polar surface area (TPSA) is 24.5 Å². The second-order valence-corrected chi connectivity index (χ2v) is 5.36. The molecule has 1 aromatic carbocycles. The molecule has 1 aliphatic rings. The van der Waals surface area contributed by atoms with E-state index in [1.165, 1.54) is 16.7 Å². The van der Waals surface area contributed by atoms with Crippen LogP contribution in [0.5, 0.6) is 0 Å². The number of nitrogens with zero attached hydrogens (tertiary/aromatic N) is 1. The fraction of sp³-hybridized carbons (Fsp3) is 0.600. The Hall–Kier alpha value is -0.900. The maximum Gasteiger partial charge on any atom is 0.0896 e. The average Bonchev–Trinajstić information content (AvgIpc) is 2.28. The summed E-state index contributed by atoms with van der Waals surface area (Å²) < 4.78 is 5.93. The SMILES string of the molecule is CNC(c1cc(C)cc(C)c1)C1CN(C)CCO1. The number of morpholine rings is 1. The van der Waals surface area contributed by atoms with Crippen LogP contribution in [0.3, 0.4) is 0 Å². The lowest BCUT2D eigenvalue weighted by Crippen LogP contribution is -2.46. The Balaban J connectivity index is 2.21. The lowest BCUT2D eigenvalue weighted by atomic mass is 9.96.